The van der Waals surface area contributed by atoms with Crippen molar-refractivity contribution in [3.63, 3.8) is 0 Å². The van der Waals surface area contributed by atoms with Gasteiger partial charge >= 0.3 is 6.09 Å². The van der Waals surface area contributed by atoms with Gasteiger partial charge in [0, 0.05) is 13.7 Å². The van der Waals surface area contributed by atoms with E-state index >= 15 is 0 Å². The molecule has 2 heterocycles. The number of methoxy groups -OCH3 is 1. The molecule has 2 fully saturated rings. The molecule has 1 aromatic rings. The Morgan fingerprint density at radius 3 is 2.80 bits per heavy atom. The van der Waals surface area contributed by atoms with Crippen LogP contribution >= 0.6 is 0 Å². The van der Waals surface area contributed by atoms with Crippen LogP contribution in [0.15, 0.2) is 30.3 Å². The molecule has 25 heavy (non-hydrogen) atoms. The van der Waals surface area contributed by atoms with E-state index in [-0.39, 0.29) is 37.1 Å². The van der Waals surface area contributed by atoms with E-state index in [2.05, 4.69) is 6.92 Å². The number of likely N-dealkylation sites (tertiary alicyclic amines) is 1. The van der Waals surface area contributed by atoms with Gasteiger partial charge in [-0.2, -0.15) is 0 Å². The molecule has 6 heteroatoms. The van der Waals surface area contributed by atoms with Crippen LogP contribution in [0.3, 0.4) is 0 Å². The van der Waals surface area contributed by atoms with Crippen LogP contribution in [0.25, 0.3) is 0 Å². The lowest BCUT2D eigenvalue weighted by Gasteiger charge is -2.25. The first-order valence-electron chi connectivity index (χ1n) is 8.98. The molecule has 138 valence electrons. The summed E-state index contributed by atoms with van der Waals surface area (Å²) in [5, 5.41) is 0. The molecule has 4 atom stereocenters. The van der Waals surface area contributed by atoms with Crippen LogP contribution in [0.4, 0.5) is 4.79 Å². The van der Waals surface area contributed by atoms with Crippen molar-refractivity contribution in [1.29, 1.82) is 0 Å². The Labute approximate surface area is 149 Å². The molecule has 1 amide bonds. The van der Waals surface area contributed by atoms with Crippen molar-refractivity contribution < 1.29 is 23.7 Å². The zero-order valence-corrected chi connectivity index (χ0v) is 14.9. The first kappa shape index (κ1) is 18.2. The highest BCUT2D eigenvalue weighted by Crippen LogP contribution is 2.33. The summed E-state index contributed by atoms with van der Waals surface area (Å²) in [6.45, 7) is 4.02. The van der Waals surface area contributed by atoms with E-state index in [4.69, 9.17) is 18.9 Å². The van der Waals surface area contributed by atoms with Gasteiger partial charge < -0.3 is 18.9 Å². The van der Waals surface area contributed by atoms with Gasteiger partial charge in [0.05, 0.1) is 19.2 Å². The molecule has 2 aliphatic rings. The summed E-state index contributed by atoms with van der Waals surface area (Å²) in [6, 6.07) is 9.52. The average Bonchev–Trinajstić information content (AvgIpc) is 3.21. The Bertz CT molecular complexity index is 552. The molecule has 0 aromatic heterocycles. The molecule has 3 rings (SSSR count). The predicted molar refractivity (Wildman–Crippen MR) is 92.3 cm³/mol. The fourth-order valence-electron chi connectivity index (χ4n) is 3.47. The Morgan fingerprint density at radius 2 is 2.08 bits per heavy atom. The number of hydrogen-bond donors (Lipinski definition) is 0. The average molecular weight is 349 g/mol. The summed E-state index contributed by atoms with van der Waals surface area (Å²) < 4.78 is 22.9. The molecule has 0 unspecified atom stereocenters. The van der Waals surface area contributed by atoms with E-state index in [0.29, 0.717) is 19.8 Å². The van der Waals surface area contributed by atoms with E-state index in [0.717, 1.165) is 18.4 Å². The van der Waals surface area contributed by atoms with Crippen LogP contribution in [0.5, 0.6) is 0 Å². The van der Waals surface area contributed by atoms with Crippen molar-refractivity contribution >= 4 is 6.09 Å². The summed E-state index contributed by atoms with van der Waals surface area (Å²) in [6.07, 6.45) is 1.32. The third kappa shape index (κ3) is 4.14. The second kappa shape index (κ2) is 8.65. The van der Waals surface area contributed by atoms with Gasteiger partial charge in [0.15, 0.2) is 0 Å². The first-order valence-corrected chi connectivity index (χ1v) is 8.98. The minimum Gasteiger partial charge on any atom is -0.445 e. The van der Waals surface area contributed by atoms with Crippen LogP contribution in [0.2, 0.25) is 0 Å². The van der Waals surface area contributed by atoms with E-state index < -0.39 is 0 Å². The number of carbonyl (C=O) groups is 1. The zero-order chi connectivity index (χ0) is 17.6. The third-order valence-corrected chi connectivity index (χ3v) is 4.85. The van der Waals surface area contributed by atoms with Crippen LogP contribution < -0.4 is 0 Å². The monoisotopic (exact) mass is 349 g/mol. The maximum Gasteiger partial charge on any atom is 0.410 e. The molecule has 0 spiro atoms. The van der Waals surface area contributed by atoms with Crippen molar-refractivity contribution in [1.82, 2.24) is 4.90 Å². The quantitative estimate of drug-likeness (QED) is 0.708. The van der Waals surface area contributed by atoms with Gasteiger partial charge in [-0.1, -0.05) is 43.7 Å². The molecule has 2 aliphatic heterocycles. The van der Waals surface area contributed by atoms with Crippen LogP contribution in [-0.4, -0.2) is 62.2 Å². The lowest BCUT2D eigenvalue weighted by Crippen LogP contribution is -2.45. The molecule has 2 saturated heterocycles. The summed E-state index contributed by atoms with van der Waals surface area (Å²) in [5.41, 5.74) is 0.966. The van der Waals surface area contributed by atoms with Crippen molar-refractivity contribution in [2.45, 2.75) is 50.7 Å². The van der Waals surface area contributed by atoms with Gasteiger partial charge in [-0.15, -0.1) is 0 Å². The number of hydrogen-bond acceptors (Lipinski definition) is 5. The number of amides is 1. The Balaban J connectivity index is 1.62. The van der Waals surface area contributed by atoms with Gasteiger partial charge in [-0.05, 0) is 12.0 Å². The van der Waals surface area contributed by atoms with Gasteiger partial charge in [0.1, 0.15) is 24.9 Å². The van der Waals surface area contributed by atoms with E-state index in [9.17, 15) is 4.79 Å². The van der Waals surface area contributed by atoms with Gasteiger partial charge in [-0.25, -0.2) is 4.79 Å². The lowest BCUT2D eigenvalue weighted by atomic mass is 10.1. The highest BCUT2D eigenvalue weighted by atomic mass is 16.6. The first-order chi connectivity index (χ1) is 12.2. The zero-order valence-electron chi connectivity index (χ0n) is 14.9. The molecule has 0 saturated carbocycles. The van der Waals surface area contributed by atoms with E-state index in [1.807, 2.05) is 30.3 Å². The number of fused-ring (bicyclic) bond motifs is 1. The fourth-order valence-corrected chi connectivity index (χ4v) is 3.47. The number of ether oxygens (including phenoxy) is 4. The number of nitrogens with zero attached hydrogens (tertiary/aromatic N) is 1. The van der Waals surface area contributed by atoms with Gasteiger partial charge in [0.25, 0.3) is 0 Å². The maximum absolute atomic E-state index is 12.6. The van der Waals surface area contributed by atoms with Crippen molar-refractivity contribution in [3.05, 3.63) is 35.9 Å². The second-order valence-corrected chi connectivity index (χ2v) is 6.52. The number of benzene rings is 1. The van der Waals surface area contributed by atoms with Gasteiger partial charge in [0.2, 0.25) is 0 Å². The molecule has 0 radical (unpaired) electrons. The molecular weight excluding hydrogens is 322 g/mol. The van der Waals surface area contributed by atoms with Crippen molar-refractivity contribution in [3.8, 4) is 0 Å². The molecule has 0 bridgehead atoms. The predicted octanol–water partition coefficient (Wildman–Crippen LogP) is 2.61. The van der Waals surface area contributed by atoms with Crippen molar-refractivity contribution in [2.75, 3.05) is 26.9 Å². The molecule has 6 nitrogen and oxygen atoms in total. The number of unbranched alkanes of at least 4 members (excludes halogenated alkanes) is 1. The van der Waals surface area contributed by atoms with Crippen molar-refractivity contribution in [2.24, 2.45) is 0 Å². The highest BCUT2D eigenvalue weighted by Gasteiger charge is 2.54. The lowest BCUT2D eigenvalue weighted by molar-refractivity contribution is -0.0346. The number of carbonyl (C=O) groups excluding carboxylic acids is 1. The molecule has 1 aromatic carbocycles. The van der Waals surface area contributed by atoms with Crippen LogP contribution in [0, 0.1) is 0 Å². The molecular formula is C19H27NO5. The van der Waals surface area contributed by atoms with Crippen LogP contribution in [0.1, 0.15) is 25.3 Å². The normalized spacial score (nSPS) is 28.2. The topological polar surface area (TPSA) is 57.2 Å². The van der Waals surface area contributed by atoms with E-state index in [1.165, 1.54) is 0 Å². The largest absolute Gasteiger partial charge is 0.445 e. The summed E-state index contributed by atoms with van der Waals surface area (Å²) in [5.74, 6) is 0. The minimum atomic E-state index is -0.340. The maximum atomic E-state index is 12.6. The summed E-state index contributed by atoms with van der Waals surface area (Å²) in [4.78, 5) is 14.3. The molecule has 0 aliphatic carbocycles. The third-order valence-electron chi connectivity index (χ3n) is 4.85. The Hall–Kier alpha value is -1.63. The summed E-state index contributed by atoms with van der Waals surface area (Å²) in [7, 11) is 1.65. The minimum absolute atomic E-state index is 0.124. The Morgan fingerprint density at radius 1 is 1.28 bits per heavy atom. The SMILES string of the molecule is CCCCO[C@@H]1CN(C(=O)OCc2ccccc2)[C@H]2[C@@H]1OC[C@@H]2OC. The Kier molecular flexibility index (Phi) is 6.29. The van der Waals surface area contributed by atoms with Gasteiger partial charge in [-0.3, -0.25) is 4.90 Å². The van der Waals surface area contributed by atoms with E-state index in [1.54, 1.807) is 12.0 Å². The standard InChI is InChI=1S/C19H27NO5/c1-3-4-10-23-15-11-20(17-16(22-2)13-24-18(15)17)19(21)25-12-14-8-6-5-7-9-14/h5-9,15-18H,3-4,10-13H2,1-2H3/t15-,16+,17-,18-/m1/s1. The number of rotatable bonds is 7. The highest BCUT2D eigenvalue weighted by molar-refractivity contribution is 5.69. The second-order valence-electron chi connectivity index (χ2n) is 6.52. The molecule has 0 N–H and O–H groups in total. The summed E-state index contributed by atoms with van der Waals surface area (Å²) >= 11 is 0. The fraction of sp³-hybridized carbons (Fsp3) is 0.632. The smallest absolute Gasteiger partial charge is 0.410 e. The van der Waals surface area contributed by atoms with Crippen LogP contribution in [-0.2, 0) is 25.6 Å².